The summed E-state index contributed by atoms with van der Waals surface area (Å²) in [5.41, 5.74) is 10.3. The highest BCUT2D eigenvalue weighted by atomic mass is 16.7. The maximum absolute atomic E-state index is 12.8. The van der Waals surface area contributed by atoms with E-state index in [1.807, 2.05) is 54.6 Å². The lowest BCUT2D eigenvalue weighted by atomic mass is 9.99. The van der Waals surface area contributed by atoms with Crippen molar-refractivity contribution in [3.63, 3.8) is 0 Å². The lowest BCUT2D eigenvalue weighted by molar-refractivity contribution is -0.253. The Hall–Kier alpha value is -4.02. The molecule has 0 radical (unpaired) electrons. The van der Waals surface area contributed by atoms with Gasteiger partial charge in [-0.25, -0.2) is 0 Å². The van der Waals surface area contributed by atoms with Crippen molar-refractivity contribution in [1.82, 2.24) is 4.90 Å². The number of amides is 2. The third kappa shape index (κ3) is 9.26. The molecule has 1 saturated heterocycles. The molecule has 1 saturated carbocycles. The Bertz CT molecular complexity index is 1460. The van der Waals surface area contributed by atoms with E-state index in [2.05, 4.69) is 22.1 Å². The third-order valence-corrected chi connectivity index (χ3v) is 8.74. The largest absolute Gasteiger partial charge is 0.397 e. The minimum atomic E-state index is -0.624. The number of hydrogen-bond acceptors (Lipinski definition) is 7. The molecule has 3 aromatic carbocycles. The molecule has 1 aliphatic heterocycles. The zero-order valence-electron chi connectivity index (χ0n) is 26.4. The van der Waals surface area contributed by atoms with Crippen LogP contribution >= 0.6 is 0 Å². The highest BCUT2D eigenvalue weighted by Gasteiger charge is 2.34. The van der Waals surface area contributed by atoms with Crippen LogP contribution in [0.1, 0.15) is 80.5 Å². The number of ether oxygens (including phenoxy) is 2. The van der Waals surface area contributed by atoms with Crippen LogP contribution in [-0.4, -0.2) is 47.1 Å². The number of nitrogens with zero attached hydrogens (tertiary/aromatic N) is 1. The number of carbonyl (C=O) groups excluding carboxylic acids is 2. The van der Waals surface area contributed by atoms with Gasteiger partial charge < -0.3 is 30.9 Å². The second kappa shape index (κ2) is 16.5. The van der Waals surface area contributed by atoms with Crippen molar-refractivity contribution in [1.29, 1.82) is 0 Å². The molecule has 3 atom stereocenters. The molecule has 5 rings (SSSR count). The standard InChI is InChI=1S/C37H46N4O5/c1-2-21-41(30-11-3-4-12-30)24-31-23-34(27-19-17-26(25-42)18-20-27)46-37(45-31)28-9-7-10-29(22-28)39-35(43)15-8-16-36(44)40-33-14-6-5-13-32(33)38/h2,5-7,9-10,13-14,17-20,22,30-31,34,37,42H,1,3-4,8,11-12,15-16,21,23-25,38H2,(H,39,43)(H,40,44). The van der Waals surface area contributed by atoms with Crippen molar-refractivity contribution in [2.24, 2.45) is 0 Å². The van der Waals surface area contributed by atoms with E-state index >= 15 is 0 Å². The normalized spacial score (nSPS) is 20.0. The van der Waals surface area contributed by atoms with E-state index in [-0.39, 0.29) is 43.5 Å². The fourth-order valence-electron chi connectivity index (χ4n) is 6.32. The summed E-state index contributed by atoms with van der Waals surface area (Å²) in [6.07, 6.45) is 7.49. The van der Waals surface area contributed by atoms with Gasteiger partial charge >= 0.3 is 0 Å². The van der Waals surface area contributed by atoms with Gasteiger partial charge in [0.2, 0.25) is 11.8 Å². The maximum atomic E-state index is 12.8. The Kier molecular flexibility index (Phi) is 12.0. The van der Waals surface area contributed by atoms with Gasteiger partial charge in [-0.15, -0.1) is 6.58 Å². The predicted octanol–water partition coefficient (Wildman–Crippen LogP) is 6.48. The molecule has 0 spiro atoms. The maximum Gasteiger partial charge on any atom is 0.224 e. The summed E-state index contributed by atoms with van der Waals surface area (Å²) in [5.74, 6) is -0.361. The molecule has 9 nitrogen and oxygen atoms in total. The van der Waals surface area contributed by atoms with Crippen LogP contribution in [0.25, 0.3) is 0 Å². The fraction of sp³-hybridized carbons (Fsp3) is 0.405. The van der Waals surface area contributed by atoms with E-state index in [9.17, 15) is 14.7 Å². The Balaban J connectivity index is 1.22. The molecule has 244 valence electrons. The molecule has 46 heavy (non-hydrogen) atoms. The summed E-state index contributed by atoms with van der Waals surface area (Å²) >= 11 is 0. The van der Waals surface area contributed by atoms with Crippen LogP contribution < -0.4 is 16.4 Å². The quantitative estimate of drug-likeness (QED) is 0.119. The number of anilines is 3. The van der Waals surface area contributed by atoms with Gasteiger partial charge in [-0.05, 0) is 54.7 Å². The minimum Gasteiger partial charge on any atom is -0.397 e. The number of nitrogens with one attached hydrogen (secondary N) is 2. The van der Waals surface area contributed by atoms with Gasteiger partial charge in [0, 0.05) is 49.6 Å². The molecule has 2 fully saturated rings. The number of nitrogens with two attached hydrogens (primary N) is 1. The van der Waals surface area contributed by atoms with Gasteiger partial charge in [0.25, 0.3) is 0 Å². The summed E-state index contributed by atoms with van der Waals surface area (Å²) in [4.78, 5) is 27.6. The lowest BCUT2D eigenvalue weighted by Crippen LogP contribution is -2.43. The highest BCUT2D eigenvalue weighted by Crippen LogP contribution is 2.39. The molecule has 0 bridgehead atoms. The van der Waals surface area contributed by atoms with Crippen molar-refractivity contribution in [2.45, 2.75) is 82.5 Å². The summed E-state index contributed by atoms with van der Waals surface area (Å²) in [7, 11) is 0. The first-order valence-corrected chi connectivity index (χ1v) is 16.3. The van der Waals surface area contributed by atoms with Gasteiger partial charge in [-0.1, -0.05) is 67.4 Å². The molecule has 3 aromatic rings. The smallest absolute Gasteiger partial charge is 0.224 e. The Morgan fingerprint density at radius 1 is 0.935 bits per heavy atom. The predicted molar refractivity (Wildman–Crippen MR) is 181 cm³/mol. The van der Waals surface area contributed by atoms with Crippen LogP contribution in [-0.2, 0) is 25.7 Å². The Morgan fingerprint density at radius 3 is 2.39 bits per heavy atom. The zero-order valence-corrected chi connectivity index (χ0v) is 26.4. The first-order chi connectivity index (χ1) is 22.4. The van der Waals surface area contributed by atoms with Gasteiger partial charge in [-0.2, -0.15) is 0 Å². The third-order valence-electron chi connectivity index (χ3n) is 8.74. The number of rotatable bonds is 14. The van der Waals surface area contributed by atoms with Crippen LogP contribution in [0.3, 0.4) is 0 Å². The number of carbonyl (C=O) groups is 2. The zero-order chi connectivity index (χ0) is 32.3. The van der Waals surface area contributed by atoms with E-state index in [1.165, 1.54) is 25.7 Å². The van der Waals surface area contributed by atoms with E-state index in [0.717, 1.165) is 29.8 Å². The molecule has 9 heteroatoms. The van der Waals surface area contributed by atoms with Gasteiger partial charge in [0.15, 0.2) is 6.29 Å². The molecular formula is C37H46N4O5. The van der Waals surface area contributed by atoms with Crippen molar-refractivity contribution in [3.05, 3.63) is 102 Å². The van der Waals surface area contributed by atoms with Crippen molar-refractivity contribution in [3.8, 4) is 0 Å². The molecule has 1 aliphatic carbocycles. The van der Waals surface area contributed by atoms with Crippen LogP contribution in [0.15, 0.2) is 85.5 Å². The monoisotopic (exact) mass is 626 g/mol. The van der Waals surface area contributed by atoms with Gasteiger partial charge in [0.1, 0.15) is 0 Å². The molecule has 2 aliphatic rings. The summed E-state index contributed by atoms with van der Waals surface area (Å²) < 4.78 is 13.2. The minimum absolute atomic E-state index is 0.00735. The van der Waals surface area contributed by atoms with Crippen molar-refractivity contribution in [2.75, 3.05) is 29.5 Å². The second-order valence-corrected chi connectivity index (χ2v) is 12.2. The number of para-hydroxylation sites is 2. The van der Waals surface area contributed by atoms with Crippen LogP contribution in [0, 0.1) is 0 Å². The number of aliphatic hydroxyl groups excluding tert-OH is 1. The molecule has 0 aromatic heterocycles. The molecular weight excluding hydrogens is 580 g/mol. The molecule has 5 N–H and O–H groups in total. The van der Waals surface area contributed by atoms with Crippen LogP contribution in [0.4, 0.5) is 17.1 Å². The number of hydrogen-bond donors (Lipinski definition) is 4. The SMILES string of the molecule is C=CCN(CC1CC(c2ccc(CO)cc2)OC(c2cccc(NC(=O)CCCC(=O)Nc3ccccc3N)c2)O1)C1CCCC1. The second-order valence-electron chi connectivity index (χ2n) is 12.2. The van der Waals surface area contributed by atoms with Crippen LogP contribution in [0.5, 0.6) is 0 Å². The number of aliphatic hydroxyl groups is 1. The average molecular weight is 627 g/mol. The topological polar surface area (TPSA) is 126 Å². The number of benzene rings is 3. The Morgan fingerprint density at radius 2 is 1.67 bits per heavy atom. The summed E-state index contributed by atoms with van der Waals surface area (Å²) in [5, 5.41) is 15.3. The van der Waals surface area contributed by atoms with Gasteiger partial charge in [0.05, 0.1) is 30.2 Å². The van der Waals surface area contributed by atoms with Crippen LogP contribution in [0.2, 0.25) is 0 Å². The van der Waals surface area contributed by atoms with Crippen molar-refractivity contribution < 1.29 is 24.2 Å². The van der Waals surface area contributed by atoms with Crippen molar-refractivity contribution >= 4 is 28.9 Å². The molecule has 3 unspecified atom stereocenters. The highest BCUT2D eigenvalue weighted by molar-refractivity contribution is 5.94. The van der Waals surface area contributed by atoms with E-state index in [1.54, 1.807) is 24.3 Å². The first kappa shape index (κ1) is 33.3. The fourth-order valence-corrected chi connectivity index (χ4v) is 6.32. The summed E-state index contributed by atoms with van der Waals surface area (Å²) in [6.45, 7) is 5.59. The molecule has 2 amide bonds. The number of nitrogen functional groups attached to an aromatic ring is 1. The molecule has 1 heterocycles. The van der Waals surface area contributed by atoms with E-state index < -0.39 is 6.29 Å². The lowest BCUT2D eigenvalue weighted by Gasteiger charge is -2.39. The Labute approximate surface area is 271 Å². The first-order valence-electron chi connectivity index (χ1n) is 16.3. The van der Waals surface area contributed by atoms with Gasteiger partial charge in [-0.3, -0.25) is 14.5 Å². The average Bonchev–Trinajstić information content (AvgIpc) is 3.61. The van der Waals surface area contributed by atoms with E-state index in [0.29, 0.717) is 35.9 Å². The van der Waals surface area contributed by atoms with E-state index in [4.69, 9.17) is 15.2 Å². The summed E-state index contributed by atoms with van der Waals surface area (Å²) in [6, 6.07) is 23.1.